The molecule has 1 aromatic rings. The zero-order chi connectivity index (χ0) is 14.5. The van der Waals surface area contributed by atoms with Gasteiger partial charge in [-0.3, -0.25) is 0 Å². The molecule has 0 spiro atoms. The van der Waals surface area contributed by atoms with Gasteiger partial charge in [0.2, 0.25) is 0 Å². The fourth-order valence-electron chi connectivity index (χ4n) is 2.54. The van der Waals surface area contributed by atoms with Gasteiger partial charge in [0.1, 0.15) is 0 Å². The van der Waals surface area contributed by atoms with Crippen LogP contribution < -0.4 is 10.6 Å². The minimum absolute atomic E-state index is 0.223. The molecular formula is C15H20F2N2O. The van der Waals surface area contributed by atoms with Crippen molar-refractivity contribution < 1.29 is 13.6 Å². The summed E-state index contributed by atoms with van der Waals surface area (Å²) < 4.78 is 26.0. The number of urea groups is 1. The van der Waals surface area contributed by atoms with E-state index in [1.54, 1.807) is 6.92 Å². The predicted octanol–water partition coefficient (Wildman–Crippen LogP) is 3.66. The Labute approximate surface area is 117 Å². The van der Waals surface area contributed by atoms with Gasteiger partial charge in [-0.1, -0.05) is 25.3 Å². The Hall–Kier alpha value is -1.65. The molecule has 110 valence electrons. The lowest BCUT2D eigenvalue weighted by atomic mass is 9.96. The quantitative estimate of drug-likeness (QED) is 0.872. The summed E-state index contributed by atoms with van der Waals surface area (Å²) in [5.74, 6) is -1.78. The number of amides is 2. The standard InChI is InChI=1S/C15H20F2N2O/c1-10(11-7-8-13(16)14(17)9-11)18-15(20)19-12-5-3-2-4-6-12/h7-10,12H,2-6H2,1H3,(H2,18,19,20). The van der Waals surface area contributed by atoms with E-state index in [0.717, 1.165) is 37.8 Å². The van der Waals surface area contributed by atoms with Gasteiger partial charge in [-0.25, -0.2) is 13.6 Å². The Kier molecular flexibility index (Phi) is 4.93. The van der Waals surface area contributed by atoms with Crippen LogP contribution in [0.2, 0.25) is 0 Å². The first kappa shape index (κ1) is 14.8. The van der Waals surface area contributed by atoms with E-state index in [9.17, 15) is 13.6 Å². The van der Waals surface area contributed by atoms with E-state index < -0.39 is 11.6 Å². The number of carbonyl (C=O) groups is 1. The van der Waals surface area contributed by atoms with E-state index in [0.29, 0.717) is 5.56 Å². The summed E-state index contributed by atoms with van der Waals surface area (Å²) in [5.41, 5.74) is 0.544. The molecule has 0 saturated heterocycles. The molecule has 0 aliphatic heterocycles. The molecule has 1 fully saturated rings. The maximum absolute atomic E-state index is 13.1. The van der Waals surface area contributed by atoms with E-state index >= 15 is 0 Å². The predicted molar refractivity (Wildman–Crippen MR) is 73.3 cm³/mol. The fraction of sp³-hybridized carbons (Fsp3) is 0.533. The van der Waals surface area contributed by atoms with E-state index in [1.807, 2.05) is 0 Å². The molecule has 0 radical (unpaired) electrons. The second kappa shape index (κ2) is 6.68. The average molecular weight is 282 g/mol. The molecule has 1 atom stereocenters. The zero-order valence-electron chi connectivity index (χ0n) is 11.6. The highest BCUT2D eigenvalue weighted by molar-refractivity contribution is 5.74. The third-order valence-electron chi connectivity index (χ3n) is 3.73. The summed E-state index contributed by atoms with van der Waals surface area (Å²) in [4.78, 5) is 11.9. The minimum Gasteiger partial charge on any atom is -0.335 e. The number of carbonyl (C=O) groups excluding carboxylic acids is 1. The van der Waals surface area contributed by atoms with Crippen LogP contribution in [0.1, 0.15) is 50.6 Å². The molecule has 1 saturated carbocycles. The molecule has 20 heavy (non-hydrogen) atoms. The number of halogens is 2. The lowest BCUT2D eigenvalue weighted by Crippen LogP contribution is -2.43. The van der Waals surface area contributed by atoms with Crippen LogP contribution in [0.25, 0.3) is 0 Å². The Morgan fingerprint density at radius 3 is 2.55 bits per heavy atom. The highest BCUT2D eigenvalue weighted by Crippen LogP contribution is 2.18. The van der Waals surface area contributed by atoms with Crippen molar-refractivity contribution in [3.63, 3.8) is 0 Å². The smallest absolute Gasteiger partial charge is 0.315 e. The number of benzene rings is 1. The Morgan fingerprint density at radius 1 is 1.20 bits per heavy atom. The molecule has 0 aromatic heterocycles. The monoisotopic (exact) mass is 282 g/mol. The third kappa shape index (κ3) is 3.92. The van der Waals surface area contributed by atoms with Crippen LogP contribution >= 0.6 is 0 Å². The van der Waals surface area contributed by atoms with E-state index in [1.165, 1.54) is 12.5 Å². The Balaban J connectivity index is 1.87. The summed E-state index contributed by atoms with van der Waals surface area (Å²) in [7, 11) is 0. The molecule has 1 unspecified atom stereocenters. The molecule has 0 heterocycles. The van der Waals surface area contributed by atoms with Crippen molar-refractivity contribution in [2.24, 2.45) is 0 Å². The van der Waals surface area contributed by atoms with Crippen LogP contribution in [0.4, 0.5) is 13.6 Å². The molecular weight excluding hydrogens is 262 g/mol. The van der Waals surface area contributed by atoms with Crippen LogP contribution in [-0.2, 0) is 0 Å². The first-order chi connectivity index (χ1) is 9.56. The zero-order valence-corrected chi connectivity index (χ0v) is 11.6. The van der Waals surface area contributed by atoms with Gasteiger partial charge >= 0.3 is 6.03 Å². The van der Waals surface area contributed by atoms with Gasteiger partial charge in [-0.05, 0) is 37.5 Å². The maximum Gasteiger partial charge on any atom is 0.315 e. The largest absolute Gasteiger partial charge is 0.335 e. The van der Waals surface area contributed by atoms with Crippen LogP contribution in [0.3, 0.4) is 0 Å². The van der Waals surface area contributed by atoms with Gasteiger partial charge in [0.25, 0.3) is 0 Å². The van der Waals surface area contributed by atoms with Gasteiger partial charge in [-0.2, -0.15) is 0 Å². The minimum atomic E-state index is -0.899. The SMILES string of the molecule is CC(NC(=O)NC1CCCCC1)c1ccc(F)c(F)c1. The van der Waals surface area contributed by atoms with E-state index in [4.69, 9.17) is 0 Å². The van der Waals surface area contributed by atoms with Crippen molar-refractivity contribution in [3.8, 4) is 0 Å². The van der Waals surface area contributed by atoms with Gasteiger partial charge < -0.3 is 10.6 Å². The second-order valence-electron chi connectivity index (χ2n) is 5.35. The van der Waals surface area contributed by atoms with E-state index in [2.05, 4.69) is 10.6 Å². The summed E-state index contributed by atoms with van der Waals surface area (Å²) in [6.45, 7) is 1.74. The highest BCUT2D eigenvalue weighted by atomic mass is 19.2. The molecule has 1 aliphatic rings. The van der Waals surface area contributed by atoms with Crippen molar-refractivity contribution in [3.05, 3.63) is 35.4 Å². The van der Waals surface area contributed by atoms with Gasteiger partial charge in [0, 0.05) is 6.04 Å². The molecule has 1 aromatic carbocycles. The topological polar surface area (TPSA) is 41.1 Å². The molecule has 2 rings (SSSR count). The van der Waals surface area contributed by atoms with Gasteiger partial charge in [0.05, 0.1) is 6.04 Å². The first-order valence-electron chi connectivity index (χ1n) is 7.08. The normalized spacial score (nSPS) is 17.6. The number of hydrogen-bond acceptors (Lipinski definition) is 1. The highest BCUT2D eigenvalue weighted by Gasteiger charge is 2.17. The van der Waals surface area contributed by atoms with Crippen molar-refractivity contribution in [1.82, 2.24) is 10.6 Å². The Bertz CT molecular complexity index is 473. The van der Waals surface area contributed by atoms with E-state index in [-0.39, 0.29) is 18.1 Å². The Morgan fingerprint density at radius 2 is 1.90 bits per heavy atom. The molecule has 1 aliphatic carbocycles. The first-order valence-corrected chi connectivity index (χ1v) is 7.08. The van der Waals surface area contributed by atoms with Crippen molar-refractivity contribution in [1.29, 1.82) is 0 Å². The molecule has 2 amide bonds. The van der Waals surface area contributed by atoms with Gasteiger partial charge in [-0.15, -0.1) is 0 Å². The van der Waals surface area contributed by atoms with Crippen LogP contribution in [-0.4, -0.2) is 12.1 Å². The van der Waals surface area contributed by atoms with Crippen molar-refractivity contribution in [2.45, 2.75) is 51.1 Å². The molecule has 2 N–H and O–H groups in total. The van der Waals surface area contributed by atoms with Crippen LogP contribution in [0.15, 0.2) is 18.2 Å². The van der Waals surface area contributed by atoms with Crippen molar-refractivity contribution >= 4 is 6.03 Å². The summed E-state index contributed by atoms with van der Waals surface area (Å²) in [5, 5.41) is 5.68. The summed E-state index contributed by atoms with van der Waals surface area (Å²) in [6.07, 6.45) is 5.53. The number of nitrogens with one attached hydrogen (secondary N) is 2. The van der Waals surface area contributed by atoms with Gasteiger partial charge in [0.15, 0.2) is 11.6 Å². The number of rotatable bonds is 3. The summed E-state index contributed by atoms with van der Waals surface area (Å²) >= 11 is 0. The molecule has 0 bridgehead atoms. The lowest BCUT2D eigenvalue weighted by molar-refractivity contribution is 0.229. The fourth-order valence-corrected chi connectivity index (χ4v) is 2.54. The average Bonchev–Trinajstić information content (AvgIpc) is 2.42. The number of hydrogen-bond donors (Lipinski definition) is 2. The van der Waals surface area contributed by atoms with Crippen LogP contribution in [0.5, 0.6) is 0 Å². The van der Waals surface area contributed by atoms with Crippen molar-refractivity contribution in [2.75, 3.05) is 0 Å². The molecule has 5 heteroatoms. The lowest BCUT2D eigenvalue weighted by Gasteiger charge is -2.24. The maximum atomic E-state index is 13.1. The molecule has 3 nitrogen and oxygen atoms in total. The second-order valence-corrected chi connectivity index (χ2v) is 5.35. The van der Waals surface area contributed by atoms with Crippen LogP contribution in [0, 0.1) is 11.6 Å². The third-order valence-corrected chi connectivity index (χ3v) is 3.73. The summed E-state index contributed by atoms with van der Waals surface area (Å²) in [6, 6.07) is 3.26.